The Labute approximate surface area is 87.9 Å². The van der Waals surface area contributed by atoms with E-state index in [9.17, 15) is 5.11 Å². The lowest BCUT2D eigenvalue weighted by molar-refractivity contribution is -0.958. The van der Waals surface area contributed by atoms with Crippen LogP contribution in [0.25, 0.3) is 0 Å². The van der Waals surface area contributed by atoms with Gasteiger partial charge in [0, 0.05) is 6.92 Å². The first-order valence-electron chi connectivity index (χ1n) is 5.06. The van der Waals surface area contributed by atoms with Gasteiger partial charge >= 0.3 is 0 Å². The van der Waals surface area contributed by atoms with Gasteiger partial charge in [-0.15, -0.1) is 0 Å². The van der Waals surface area contributed by atoms with Crippen LogP contribution < -0.4 is 12.4 Å². The summed E-state index contributed by atoms with van der Waals surface area (Å²) in [4.78, 5) is 0. The first-order chi connectivity index (χ1) is 5.55. The molecule has 0 spiro atoms. The molecule has 0 aromatic heterocycles. The SMILES string of the molecule is CC(O)[N+](C)(C)C1CCCCC1.[Cl-]. The second kappa shape index (κ2) is 5.18. The first kappa shape index (κ1) is 13.2. The fourth-order valence-electron chi connectivity index (χ4n) is 2.05. The monoisotopic (exact) mass is 207 g/mol. The molecule has 2 nitrogen and oxygen atoms in total. The zero-order valence-electron chi connectivity index (χ0n) is 8.96. The quantitative estimate of drug-likeness (QED) is 0.443. The molecule has 0 bridgehead atoms. The van der Waals surface area contributed by atoms with Gasteiger partial charge in [0.15, 0.2) is 6.23 Å². The Morgan fingerprint density at radius 2 is 1.62 bits per heavy atom. The Hall–Kier alpha value is 0.210. The standard InChI is InChI=1S/C10H22NO.ClH/c1-9(12)11(2,3)10-7-5-4-6-8-10;/h9-10,12H,4-8H2,1-3H3;1H/q+1;/p-1. The van der Waals surface area contributed by atoms with E-state index in [1.165, 1.54) is 32.1 Å². The molecule has 0 saturated heterocycles. The highest BCUT2D eigenvalue weighted by Crippen LogP contribution is 2.26. The van der Waals surface area contributed by atoms with E-state index in [0.29, 0.717) is 6.04 Å². The van der Waals surface area contributed by atoms with Gasteiger partial charge in [0.1, 0.15) is 0 Å². The molecule has 80 valence electrons. The summed E-state index contributed by atoms with van der Waals surface area (Å²) in [7, 11) is 4.28. The number of aliphatic hydroxyl groups is 1. The van der Waals surface area contributed by atoms with E-state index < -0.39 is 0 Å². The molecule has 1 aliphatic carbocycles. The van der Waals surface area contributed by atoms with Crippen molar-refractivity contribution in [1.82, 2.24) is 0 Å². The number of quaternary nitrogens is 1. The normalized spacial score (nSPS) is 22.2. The van der Waals surface area contributed by atoms with Crippen LogP contribution in [0.3, 0.4) is 0 Å². The molecule has 1 unspecified atom stereocenters. The third-order valence-electron chi connectivity index (χ3n) is 3.48. The number of halogens is 1. The van der Waals surface area contributed by atoms with Crippen LogP contribution >= 0.6 is 0 Å². The average molecular weight is 208 g/mol. The van der Waals surface area contributed by atoms with Crippen molar-refractivity contribution in [3.63, 3.8) is 0 Å². The van der Waals surface area contributed by atoms with Gasteiger partial charge in [0.05, 0.1) is 20.1 Å². The summed E-state index contributed by atoms with van der Waals surface area (Å²) in [6, 6.07) is 0.679. The zero-order valence-corrected chi connectivity index (χ0v) is 9.72. The maximum atomic E-state index is 9.60. The van der Waals surface area contributed by atoms with E-state index in [-0.39, 0.29) is 18.6 Å². The molecule has 1 saturated carbocycles. The molecule has 0 amide bonds. The summed E-state index contributed by atoms with van der Waals surface area (Å²) in [6.45, 7) is 1.90. The van der Waals surface area contributed by atoms with Gasteiger partial charge in [-0.3, -0.25) is 0 Å². The van der Waals surface area contributed by atoms with Crippen LogP contribution in [0.5, 0.6) is 0 Å². The summed E-state index contributed by atoms with van der Waals surface area (Å²) in [5, 5.41) is 9.60. The molecule has 1 atom stereocenters. The molecule has 0 aliphatic heterocycles. The molecule has 1 fully saturated rings. The fourth-order valence-corrected chi connectivity index (χ4v) is 2.05. The van der Waals surface area contributed by atoms with E-state index in [4.69, 9.17) is 0 Å². The van der Waals surface area contributed by atoms with E-state index in [2.05, 4.69) is 14.1 Å². The van der Waals surface area contributed by atoms with Gasteiger partial charge in [-0.2, -0.15) is 0 Å². The van der Waals surface area contributed by atoms with Crippen molar-refractivity contribution >= 4 is 0 Å². The molecule has 13 heavy (non-hydrogen) atoms. The molecule has 0 heterocycles. The second-order valence-electron chi connectivity index (χ2n) is 4.55. The number of nitrogens with zero attached hydrogens (tertiary/aromatic N) is 1. The maximum absolute atomic E-state index is 9.60. The minimum Gasteiger partial charge on any atom is -1.00 e. The van der Waals surface area contributed by atoms with Crippen LogP contribution in [-0.4, -0.2) is 36.0 Å². The van der Waals surface area contributed by atoms with E-state index >= 15 is 0 Å². The second-order valence-corrected chi connectivity index (χ2v) is 4.55. The molecular weight excluding hydrogens is 186 g/mol. The lowest BCUT2D eigenvalue weighted by atomic mass is 9.93. The number of aliphatic hydroxyl groups excluding tert-OH is 1. The maximum Gasteiger partial charge on any atom is 0.187 e. The Bertz CT molecular complexity index is 142. The first-order valence-corrected chi connectivity index (χ1v) is 5.06. The smallest absolute Gasteiger partial charge is 0.187 e. The summed E-state index contributed by atoms with van der Waals surface area (Å²) in [5.74, 6) is 0. The number of rotatable bonds is 2. The third kappa shape index (κ3) is 3.12. The van der Waals surface area contributed by atoms with Crippen LogP contribution in [0, 0.1) is 0 Å². The lowest BCUT2D eigenvalue weighted by Gasteiger charge is -2.42. The van der Waals surface area contributed by atoms with Crippen molar-refractivity contribution < 1.29 is 22.0 Å². The van der Waals surface area contributed by atoms with Crippen molar-refractivity contribution in [2.75, 3.05) is 14.1 Å². The van der Waals surface area contributed by atoms with Gasteiger partial charge < -0.3 is 22.0 Å². The Kier molecular flexibility index (Phi) is 5.26. The molecule has 0 aromatic carbocycles. The van der Waals surface area contributed by atoms with E-state index in [1.54, 1.807) is 0 Å². The molecule has 1 N–H and O–H groups in total. The van der Waals surface area contributed by atoms with Gasteiger partial charge in [-0.25, -0.2) is 0 Å². The van der Waals surface area contributed by atoms with Crippen molar-refractivity contribution in [2.24, 2.45) is 0 Å². The van der Waals surface area contributed by atoms with E-state index in [1.807, 2.05) is 6.92 Å². The summed E-state index contributed by atoms with van der Waals surface area (Å²) >= 11 is 0. The van der Waals surface area contributed by atoms with Crippen LogP contribution in [-0.2, 0) is 0 Å². The molecule has 0 radical (unpaired) electrons. The van der Waals surface area contributed by atoms with Crippen molar-refractivity contribution in [2.45, 2.75) is 51.3 Å². The van der Waals surface area contributed by atoms with Gasteiger partial charge in [0.25, 0.3) is 0 Å². The highest BCUT2D eigenvalue weighted by atomic mass is 35.5. The fraction of sp³-hybridized carbons (Fsp3) is 1.00. The predicted octanol–water partition coefficient (Wildman–Crippen LogP) is -1.26. The van der Waals surface area contributed by atoms with Gasteiger partial charge in [-0.05, 0) is 25.7 Å². The average Bonchev–Trinajstić information content (AvgIpc) is 2.06. The van der Waals surface area contributed by atoms with Crippen LogP contribution in [0.15, 0.2) is 0 Å². The Morgan fingerprint density at radius 1 is 1.15 bits per heavy atom. The van der Waals surface area contributed by atoms with Crippen molar-refractivity contribution in [3.8, 4) is 0 Å². The minimum absolute atomic E-state index is 0. The topological polar surface area (TPSA) is 20.2 Å². The predicted molar refractivity (Wildman–Crippen MR) is 50.7 cm³/mol. The van der Waals surface area contributed by atoms with Crippen LogP contribution in [0.1, 0.15) is 39.0 Å². The van der Waals surface area contributed by atoms with Crippen LogP contribution in [0.2, 0.25) is 0 Å². The molecule has 1 aliphatic rings. The third-order valence-corrected chi connectivity index (χ3v) is 3.48. The summed E-state index contributed by atoms with van der Waals surface area (Å²) in [5.41, 5.74) is 0. The molecule has 1 rings (SSSR count). The number of hydrogen-bond acceptors (Lipinski definition) is 1. The van der Waals surface area contributed by atoms with Crippen LogP contribution in [0.4, 0.5) is 0 Å². The Balaban J connectivity index is 0.00000144. The summed E-state index contributed by atoms with van der Waals surface area (Å²) in [6.07, 6.45) is 6.43. The van der Waals surface area contributed by atoms with Gasteiger partial charge in [-0.1, -0.05) is 6.42 Å². The summed E-state index contributed by atoms with van der Waals surface area (Å²) < 4.78 is 0.778. The minimum atomic E-state index is -0.229. The molecular formula is C10H22ClNO. The van der Waals surface area contributed by atoms with Gasteiger partial charge in [0.2, 0.25) is 0 Å². The Morgan fingerprint density at radius 3 is 2.00 bits per heavy atom. The largest absolute Gasteiger partial charge is 1.00 e. The van der Waals surface area contributed by atoms with Crippen molar-refractivity contribution in [3.05, 3.63) is 0 Å². The molecule has 0 aromatic rings. The highest BCUT2D eigenvalue weighted by molar-refractivity contribution is 4.65. The van der Waals surface area contributed by atoms with Crippen molar-refractivity contribution in [1.29, 1.82) is 0 Å². The number of hydrogen-bond donors (Lipinski definition) is 1. The zero-order chi connectivity index (χ0) is 9.19. The molecule has 3 heteroatoms. The lowest BCUT2D eigenvalue weighted by Crippen LogP contribution is -3.00. The highest BCUT2D eigenvalue weighted by Gasteiger charge is 2.33. The van der Waals surface area contributed by atoms with E-state index in [0.717, 1.165) is 4.48 Å².